The zero-order chi connectivity index (χ0) is 14.7. The fourth-order valence-corrected chi connectivity index (χ4v) is 1.62. The number of hydrogen-bond acceptors (Lipinski definition) is 4. The number of benzene rings is 1. The van der Waals surface area contributed by atoms with Crippen LogP contribution in [0.15, 0.2) is 33.9 Å². The predicted molar refractivity (Wildman–Crippen MR) is 73.8 cm³/mol. The maximum Gasteiger partial charge on any atom is 0.337 e. The molecule has 2 N–H and O–H groups in total. The molecule has 102 valence electrons. The largest absolute Gasteiger partial charge is 0.465 e. The van der Waals surface area contributed by atoms with Gasteiger partial charge in [0.1, 0.15) is 5.35 Å². The van der Waals surface area contributed by atoms with Gasteiger partial charge in [-0.3, -0.25) is 9.59 Å². The van der Waals surface area contributed by atoms with Crippen LogP contribution in [0.25, 0.3) is 12.7 Å². The number of aromatic nitrogens is 2. The number of nitrogens with one attached hydrogen (secondary N) is 2. The van der Waals surface area contributed by atoms with Crippen molar-refractivity contribution in [3.8, 4) is 0 Å². The van der Waals surface area contributed by atoms with Crippen LogP contribution in [-0.4, -0.2) is 23.0 Å². The van der Waals surface area contributed by atoms with Gasteiger partial charge in [0.05, 0.1) is 18.0 Å². The normalized spacial score (nSPS) is 11.3. The molecule has 2 aromatic rings. The Hall–Kier alpha value is -2.89. The quantitative estimate of drug-likeness (QED) is 0.692. The second kappa shape index (κ2) is 5.40. The lowest BCUT2D eigenvalue weighted by molar-refractivity contribution is 0.0601. The molecule has 6 nitrogen and oxygen atoms in total. The molecule has 2 rings (SSSR count). The van der Waals surface area contributed by atoms with Crippen LogP contribution in [-0.2, 0) is 4.74 Å². The summed E-state index contributed by atoms with van der Waals surface area (Å²) in [6.45, 7) is 3.40. The first-order valence-corrected chi connectivity index (χ1v) is 5.73. The van der Waals surface area contributed by atoms with E-state index >= 15 is 0 Å². The molecule has 0 saturated heterocycles. The lowest BCUT2D eigenvalue weighted by atomic mass is 10.1. The Balaban J connectivity index is 2.49. The lowest BCUT2D eigenvalue weighted by Gasteiger charge is -1.99. The van der Waals surface area contributed by atoms with Crippen molar-refractivity contribution in [2.24, 2.45) is 0 Å². The van der Waals surface area contributed by atoms with Gasteiger partial charge in [-0.05, 0) is 23.8 Å². The van der Waals surface area contributed by atoms with Gasteiger partial charge in [0.25, 0.3) is 11.1 Å². The van der Waals surface area contributed by atoms with E-state index in [-0.39, 0.29) is 10.7 Å². The molecule has 0 radical (unpaired) electrons. The minimum absolute atomic E-state index is 0.00758. The number of methoxy groups -OCH3 is 1. The minimum atomic E-state index is -0.456. The van der Waals surface area contributed by atoms with Crippen molar-refractivity contribution in [3.05, 3.63) is 66.8 Å². The number of hydrogen-bond donors (Lipinski definition) is 2. The monoisotopic (exact) mass is 272 g/mol. The van der Waals surface area contributed by atoms with Crippen LogP contribution >= 0.6 is 0 Å². The molecule has 1 aromatic heterocycles. The van der Waals surface area contributed by atoms with E-state index in [1.165, 1.54) is 13.2 Å². The van der Waals surface area contributed by atoms with E-state index in [0.29, 0.717) is 11.1 Å². The van der Waals surface area contributed by atoms with Crippen LogP contribution in [0.1, 0.15) is 15.9 Å². The molecule has 6 heteroatoms. The van der Waals surface area contributed by atoms with E-state index in [1.807, 2.05) is 0 Å². The number of esters is 1. The van der Waals surface area contributed by atoms with Gasteiger partial charge in [-0.2, -0.15) is 0 Å². The molecule has 0 bridgehead atoms. The van der Waals surface area contributed by atoms with Crippen molar-refractivity contribution in [3.63, 3.8) is 0 Å². The fraction of sp³-hybridized carbons (Fsp3) is 0.0714. The Morgan fingerprint density at radius 1 is 1.15 bits per heavy atom. The number of ether oxygens (including phenoxy) is 1. The van der Waals surface area contributed by atoms with Crippen LogP contribution in [0, 0.1) is 0 Å². The summed E-state index contributed by atoms with van der Waals surface area (Å²) in [6, 6.07) is 6.42. The molecule has 0 atom stereocenters. The number of H-pyrrole nitrogens is 2. The highest BCUT2D eigenvalue weighted by Crippen LogP contribution is 2.05. The fourth-order valence-electron chi connectivity index (χ4n) is 1.62. The minimum Gasteiger partial charge on any atom is -0.465 e. The topological polar surface area (TPSA) is 92.0 Å². The third-order valence-corrected chi connectivity index (χ3v) is 2.67. The van der Waals surface area contributed by atoms with E-state index in [0.717, 1.165) is 0 Å². The number of carbonyl (C=O) groups excluding carboxylic acids is 1. The SMILES string of the molecule is C=c1[nH]c(=O)/c(=C/c2ccc(C(=O)OC)cc2)[nH]c1=O. The molecule has 0 aliphatic carbocycles. The molecular formula is C14H12N2O4. The second-order valence-corrected chi connectivity index (χ2v) is 4.06. The van der Waals surface area contributed by atoms with Gasteiger partial charge < -0.3 is 14.7 Å². The molecule has 0 aliphatic rings. The summed E-state index contributed by atoms with van der Waals surface area (Å²) < 4.78 is 4.58. The third kappa shape index (κ3) is 2.74. The molecule has 0 unspecified atom stereocenters. The van der Waals surface area contributed by atoms with Crippen LogP contribution in [0.5, 0.6) is 0 Å². The van der Waals surface area contributed by atoms with Crippen molar-refractivity contribution in [1.29, 1.82) is 0 Å². The smallest absolute Gasteiger partial charge is 0.337 e. The predicted octanol–water partition coefficient (Wildman–Crippen LogP) is -0.911. The third-order valence-electron chi connectivity index (χ3n) is 2.67. The van der Waals surface area contributed by atoms with Crippen molar-refractivity contribution >= 4 is 18.6 Å². The van der Waals surface area contributed by atoms with Crippen LogP contribution in [0.4, 0.5) is 0 Å². The first kappa shape index (κ1) is 13.5. The molecule has 0 fully saturated rings. The summed E-state index contributed by atoms with van der Waals surface area (Å²) in [4.78, 5) is 39.1. The van der Waals surface area contributed by atoms with Gasteiger partial charge in [-0.1, -0.05) is 18.7 Å². The van der Waals surface area contributed by atoms with Crippen LogP contribution < -0.4 is 21.8 Å². The van der Waals surface area contributed by atoms with Crippen molar-refractivity contribution in [2.45, 2.75) is 0 Å². The van der Waals surface area contributed by atoms with Crippen molar-refractivity contribution in [1.82, 2.24) is 9.97 Å². The molecule has 20 heavy (non-hydrogen) atoms. The summed E-state index contributed by atoms with van der Waals surface area (Å²) in [5.41, 5.74) is 0.171. The summed E-state index contributed by atoms with van der Waals surface area (Å²) >= 11 is 0. The Morgan fingerprint density at radius 3 is 2.40 bits per heavy atom. The second-order valence-electron chi connectivity index (χ2n) is 4.06. The maximum atomic E-state index is 11.6. The lowest BCUT2D eigenvalue weighted by Crippen LogP contribution is -2.46. The highest BCUT2D eigenvalue weighted by atomic mass is 16.5. The standard InChI is InChI=1S/C14H12N2O4/c1-8-12(17)16-11(13(18)15-8)7-9-3-5-10(6-4-9)14(19)20-2/h3-7H,1H2,2H3,(H,15,18)(H,16,17)/b11-7-. The first-order chi connectivity index (χ1) is 9.51. The summed E-state index contributed by atoms with van der Waals surface area (Å²) in [7, 11) is 1.30. The molecule has 0 saturated carbocycles. The molecule has 1 aromatic carbocycles. The molecule has 0 aliphatic heterocycles. The first-order valence-electron chi connectivity index (χ1n) is 5.73. The summed E-state index contributed by atoms with van der Waals surface area (Å²) in [5.74, 6) is -0.441. The van der Waals surface area contributed by atoms with Crippen LogP contribution in [0.2, 0.25) is 0 Å². The van der Waals surface area contributed by atoms with Gasteiger partial charge in [0.15, 0.2) is 0 Å². The van der Waals surface area contributed by atoms with Crippen molar-refractivity contribution in [2.75, 3.05) is 7.11 Å². The average molecular weight is 272 g/mol. The number of rotatable bonds is 2. The average Bonchev–Trinajstić information content (AvgIpc) is 2.44. The Labute approximate surface area is 113 Å². The highest BCUT2D eigenvalue weighted by Gasteiger charge is 2.03. The summed E-state index contributed by atoms with van der Waals surface area (Å²) in [6.07, 6.45) is 1.50. The Kier molecular flexibility index (Phi) is 3.65. The maximum absolute atomic E-state index is 11.6. The van der Waals surface area contributed by atoms with E-state index in [4.69, 9.17) is 0 Å². The van der Waals surface area contributed by atoms with Crippen molar-refractivity contribution < 1.29 is 9.53 Å². The van der Waals surface area contributed by atoms with E-state index in [9.17, 15) is 14.4 Å². The van der Waals surface area contributed by atoms with E-state index in [2.05, 4.69) is 21.3 Å². The molecule has 0 spiro atoms. The van der Waals surface area contributed by atoms with E-state index < -0.39 is 17.1 Å². The molecule has 0 amide bonds. The molecule has 1 heterocycles. The van der Waals surface area contributed by atoms with Gasteiger partial charge in [-0.15, -0.1) is 0 Å². The highest BCUT2D eigenvalue weighted by molar-refractivity contribution is 5.89. The summed E-state index contributed by atoms with van der Waals surface area (Å²) in [5, 5.41) is 0.126. The number of carbonyl (C=O) groups is 1. The molecular weight excluding hydrogens is 260 g/mol. The number of aromatic amines is 2. The zero-order valence-electron chi connectivity index (χ0n) is 10.7. The zero-order valence-corrected chi connectivity index (χ0v) is 10.7. The Morgan fingerprint density at radius 2 is 1.80 bits per heavy atom. The van der Waals surface area contributed by atoms with Gasteiger partial charge in [-0.25, -0.2) is 4.79 Å². The van der Waals surface area contributed by atoms with Crippen LogP contribution in [0.3, 0.4) is 0 Å². The van der Waals surface area contributed by atoms with Gasteiger partial charge in [0.2, 0.25) is 0 Å². The van der Waals surface area contributed by atoms with E-state index in [1.54, 1.807) is 24.3 Å². The van der Waals surface area contributed by atoms with Gasteiger partial charge in [0, 0.05) is 0 Å². The van der Waals surface area contributed by atoms with Gasteiger partial charge >= 0.3 is 5.97 Å². The Bertz CT molecular complexity index is 860.